The van der Waals surface area contributed by atoms with Crippen LogP contribution < -0.4 is 0 Å². The molecule has 9 heteroatoms. The molecule has 2 unspecified atom stereocenters. The molecule has 5 N–H and O–H groups in total. The monoisotopic (exact) mass is 338 g/mol. The molecule has 128 valence electrons. The largest absolute Gasteiger partial charge is 0.508 e. The van der Waals surface area contributed by atoms with Gasteiger partial charge in [0.05, 0.1) is 6.42 Å². The van der Waals surface area contributed by atoms with Crippen molar-refractivity contribution in [3.8, 4) is 5.75 Å². The predicted molar refractivity (Wildman–Crippen MR) is 78.1 cm³/mol. The molecule has 9 nitrogen and oxygen atoms in total. The number of hydrogen-bond donors (Lipinski definition) is 5. The van der Waals surface area contributed by atoms with Gasteiger partial charge in [-0.1, -0.05) is 18.2 Å². The summed E-state index contributed by atoms with van der Waals surface area (Å²) in [6.07, 6.45) is 0.477. The lowest BCUT2D eigenvalue weighted by Gasteiger charge is -2.26. The van der Waals surface area contributed by atoms with Crippen LogP contribution in [-0.2, 0) is 19.2 Å². The number of phenolic OH excluding ortho intramolecular Hbond substituents is 1. The summed E-state index contributed by atoms with van der Waals surface area (Å²) in [6.45, 7) is 0. The third-order valence-electron chi connectivity index (χ3n) is 3.20. The number of carbonyl (C=O) groups is 4. The summed E-state index contributed by atoms with van der Waals surface area (Å²) >= 11 is 0. The normalized spacial score (nSPS) is 14.7. The second kappa shape index (κ2) is 7.38. The summed E-state index contributed by atoms with van der Waals surface area (Å²) in [6, 6.07) is 5.34. The molecular formula is C15H14O9. The Morgan fingerprint density at radius 2 is 1.58 bits per heavy atom. The van der Waals surface area contributed by atoms with Crippen molar-refractivity contribution in [2.45, 2.75) is 12.0 Å². The van der Waals surface area contributed by atoms with Gasteiger partial charge in [-0.25, -0.2) is 4.79 Å². The maximum absolute atomic E-state index is 12.1. The molecule has 0 radical (unpaired) electrons. The number of carbonyl (C=O) groups excluding carboxylic acids is 1. The highest BCUT2D eigenvalue weighted by Gasteiger charge is 2.54. The van der Waals surface area contributed by atoms with Gasteiger partial charge in [-0.3, -0.25) is 14.4 Å². The van der Waals surface area contributed by atoms with Crippen LogP contribution in [-0.4, -0.2) is 54.8 Å². The third kappa shape index (κ3) is 4.17. The lowest BCUT2D eigenvalue weighted by atomic mass is 9.81. The second-order valence-electron chi connectivity index (χ2n) is 4.85. The number of carboxylic acids is 3. The number of ketones is 1. The van der Waals surface area contributed by atoms with Gasteiger partial charge < -0.3 is 25.5 Å². The summed E-state index contributed by atoms with van der Waals surface area (Å²) in [5, 5.41) is 45.9. The molecular weight excluding hydrogens is 324 g/mol. The van der Waals surface area contributed by atoms with E-state index in [0.717, 1.165) is 6.08 Å². The number of carboxylic acid groups (broad SMARTS) is 3. The molecule has 24 heavy (non-hydrogen) atoms. The summed E-state index contributed by atoms with van der Waals surface area (Å²) in [4.78, 5) is 45.1. The molecule has 2 atom stereocenters. The van der Waals surface area contributed by atoms with Gasteiger partial charge in [-0.2, -0.15) is 0 Å². The molecule has 0 spiro atoms. The van der Waals surface area contributed by atoms with Crippen molar-refractivity contribution in [3.05, 3.63) is 35.9 Å². The molecule has 0 aliphatic carbocycles. The van der Waals surface area contributed by atoms with Crippen molar-refractivity contribution in [1.82, 2.24) is 0 Å². The number of benzene rings is 1. The van der Waals surface area contributed by atoms with Gasteiger partial charge in [0.25, 0.3) is 0 Å². The fraction of sp³-hybridized carbons (Fsp3) is 0.200. The molecule has 1 aromatic carbocycles. The molecule has 0 fully saturated rings. The maximum Gasteiger partial charge on any atom is 0.344 e. The summed E-state index contributed by atoms with van der Waals surface area (Å²) < 4.78 is 0. The quantitative estimate of drug-likeness (QED) is 0.322. The van der Waals surface area contributed by atoms with Gasteiger partial charge in [0.2, 0.25) is 5.60 Å². The van der Waals surface area contributed by atoms with Crippen LogP contribution in [0.1, 0.15) is 12.0 Å². The van der Waals surface area contributed by atoms with E-state index in [1.54, 1.807) is 0 Å². The van der Waals surface area contributed by atoms with Crippen LogP contribution in [0.25, 0.3) is 6.08 Å². The zero-order chi connectivity index (χ0) is 18.5. The number of aromatic hydroxyl groups is 1. The van der Waals surface area contributed by atoms with Gasteiger partial charge in [0.1, 0.15) is 11.7 Å². The Kier molecular flexibility index (Phi) is 5.79. The van der Waals surface area contributed by atoms with Crippen LogP contribution in [0, 0.1) is 5.92 Å². The number of aliphatic carboxylic acids is 3. The lowest BCUT2D eigenvalue weighted by Crippen LogP contribution is -2.55. The Bertz CT molecular complexity index is 689. The molecule has 0 saturated carbocycles. The van der Waals surface area contributed by atoms with Crippen molar-refractivity contribution in [3.63, 3.8) is 0 Å². The molecule has 1 rings (SSSR count). The topological polar surface area (TPSA) is 169 Å². The maximum atomic E-state index is 12.1. The van der Waals surface area contributed by atoms with Crippen molar-refractivity contribution in [1.29, 1.82) is 0 Å². The Balaban J connectivity index is 3.18. The van der Waals surface area contributed by atoms with E-state index >= 15 is 0 Å². The van der Waals surface area contributed by atoms with Gasteiger partial charge in [0.15, 0.2) is 5.78 Å². The first-order chi connectivity index (χ1) is 11.1. The minimum Gasteiger partial charge on any atom is -0.508 e. The highest BCUT2D eigenvalue weighted by atomic mass is 16.4. The van der Waals surface area contributed by atoms with E-state index in [2.05, 4.69) is 0 Å². The summed E-state index contributed by atoms with van der Waals surface area (Å²) in [7, 11) is 0. The Morgan fingerprint density at radius 3 is 2.00 bits per heavy atom. The van der Waals surface area contributed by atoms with Crippen LogP contribution in [0.3, 0.4) is 0 Å². The van der Waals surface area contributed by atoms with E-state index in [0.29, 0.717) is 11.6 Å². The Morgan fingerprint density at radius 1 is 1.04 bits per heavy atom. The highest BCUT2D eigenvalue weighted by molar-refractivity contribution is 6.15. The molecule has 0 aromatic heterocycles. The molecule has 0 bridgehead atoms. The van der Waals surface area contributed by atoms with E-state index in [1.165, 1.54) is 24.3 Å². The zero-order valence-electron chi connectivity index (χ0n) is 12.1. The first-order valence-corrected chi connectivity index (χ1v) is 6.51. The average molecular weight is 338 g/mol. The van der Waals surface area contributed by atoms with Crippen LogP contribution in [0.15, 0.2) is 30.3 Å². The Labute approximate surface area is 135 Å². The van der Waals surface area contributed by atoms with Gasteiger partial charge in [-0.05, 0) is 23.8 Å². The molecule has 0 saturated heterocycles. The number of phenols is 1. The molecule has 0 amide bonds. The van der Waals surface area contributed by atoms with Crippen LogP contribution >= 0.6 is 0 Å². The first-order valence-electron chi connectivity index (χ1n) is 6.51. The van der Waals surface area contributed by atoms with Crippen LogP contribution in [0.4, 0.5) is 0 Å². The molecule has 0 aliphatic heterocycles. The summed E-state index contributed by atoms with van der Waals surface area (Å²) in [5.41, 5.74) is -3.07. The smallest absolute Gasteiger partial charge is 0.344 e. The van der Waals surface area contributed by atoms with Crippen molar-refractivity contribution < 1.29 is 44.7 Å². The average Bonchev–Trinajstić information content (AvgIpc) is 2.50. The van der Waals surface area contributed by atoms with Gasteiger partial charge >= 0.3 is 17.9 Å². The SMILES string of the molecule is O=C(O)CC(C(=O)O)C(O)(C(=O)O)C(=O)/C=C/c1ccc(O)cc1. The summed E-state index contributed by atoms with van der Waals surface area (Å²) in [5.74, 6) is -9.70. The molecule has 0 heterocycles. The number of hydrogen-bond acceptors (Lipinski definition) is 6. The van der Waals surface area contributed by atoms with Gasteiger partial charge in [-0.15, -0.1) is 0 Å². The van der Waals surface area contributed by atoms with Crippen LogP contribution in [0.2, 0.25) is 0 Å². The van der Waals surface area contributed by atoms with Crippen molar-refractivity contribution >= 4 is 29.8 Å². The number of aliphatic hydroxyl groups is 1. The van der Waals surface area contributed by atoms with E-state index in [-0.39, 0.29) is 5.75 Å². The number of rotatable bonds is 8. The van der Waals surface area contributed by atoms with E-state index in [9.17, 15) is 24.3 Å². The molecule has 0 aliphatic rings. The highest BCUT2D eigenvalue weighted by Crippen LogP contribution is 2.25. The minimum atomic E-state index is -3.43. The standard InChI is InChI=1S/C15H14O9/c16-9-4-1-8(2-5-9)3-6-11(17)15(24,14(22)23)10(13(20)21)7-12(18)19/h1-6,10,16,24H,7H2,(H,18,19)(H,20,21)(H,22,23)/b6-3+. The second-order valence-corrected chi connectivity index (χ2v) is 4.85. The van der Waals surface area contributed by atoms with Crippen molar-refractivity contribution in [2.24, 2.45) is 5.92 Å². The fourth-order valence-corrected chi connectivity index (χ4v) is 1.90. The van der Waals surface area contributed by atoms with Crippen LogP contribution in [0.5, 0.6) is 5.75 Å². The van der Waals surface area contributed by atoms with Gasteiger partial charge in [0, 0.05) is 0 Å². The Hall–Kier alpha value is -3.20. The van der Waals surface area contributed by atoms with E-state index in [4.69, 9.17) is 20.4 Å². The fourth-order valence-electron chi connectivity index (χ4n) is 1.90. The third-order valence-corrected chi connectivity index (χ3v) is 3.20. The first kappa shape index (κ1) is 18.8. The zero-order valence-corrected chi connectivity index (χ0v) is 12.1. The van der Waals surface area contributed by atoms with E-state index < -0.39 is 41.6 Å². The minimum absolute atomic E-state index is 0.0482. The van der Waals surface area contributed by atoms with E-state index in [1.807, 2.05) is 0 Å². The van der Waals surface area contributed by atoms with Crippen molar-refractivity contribution in [2.75, 3.05) is 0 Å². The predicted octanol–water partition coefficient (Wildman–Crippen LogP) is -0.0343. The molecule has 1 aromatic rings. The lowest BCUT2D eigenvalue weighted by molar-refractivity contribution is -0.179.